The molecule has 0 aliphatic carbocycles. The van der Waals surface area contributed by atoms with E-state index < -0.39 is 47.3 Å². The predicted molar refractivity (Wildman–Crippen MR) is 109 cm³/mol. The number of aromatic nitrogens is 1. The molecule has 1 aromatic heterocycles. The first kappa shape index (κ1) is 24.0. The molecule has 0 unspecified atom stereocenters. The number of amides is 1. The van der Waals surface area contributed by atoms with Crippen molar-refractivity contribution in [3.8, 4) is 11.5 Å². The molecule has 3 atom stereocenters. The summed E-state index contributed by atoms with van der Waals surface area (Å²) >= 11 is 0. The van der Waals surface area contributed by atoms with E-state index in [9.17, 15) is 23.5 Å². The molecule has 0 fully saturated rings. The van der Waals surface area contributed by atoms with E-state index in [-0.39, 0.29) is 17.4 Å². The molecule has 168 valence electrons. The van der Waals surface area contributed by atoms with Crippen LogP contribution < -0.4 is 10.1 Å². The van der Waals surface area contributed by atoms with E-state index >= 15 is 0 Å². The van der Waals surface area contributed by atoms with E-state index in [1.165, 1.54) is 32.4 Å². The molecule has 2 aromatic rings. The Bertz CT molecular complexity index is 951. The highest BCUT2D eigenvalue weighted by Crippen LogP contribution is 2.31. The van der Waals surface area contributed by atoms with E-state index in [0.717, 1.165) is 12.1 Å². The summed E-state index contributed by atoms with van der Waals surface area (Å²) in [5.41, 5.74) is 0.199. The van der Waals surface area contributed by atoms with Crippen LogP contribution in [0.25, 0.3) is 0 Å². The van der Waals surface area contributed by atoms with Crippen molar-refractivity contribution in [3.05, 3.63) is 53.4 Å². The summed E-state index contributed by atoms with van der Waals surface area (Å²) in [6, 6.07) is 3.91. The van der Waals surface area contributed by atoms with E-state index in [2.05, 4.69) is 10.3 Å². The molecule has 1 aromatic carbocycles. The number of esters is 1. The van der Waals surface area contributed by atoms with Gasteiger partial charge in [-0.2, -0.15) is 0 Å². The molecule has 0 saturated carbocycles. The normalized spacial score (nSPS) is 13.9. The number of nitrogens with zero attached hydrogens (tertiary/aromatic N) is 1. The first-order chi connectivity index (χ1) is 14.6. The Morgan fingerprint density at radius 2 is 1.77 bits per heavy atom. The lowest BCUT2D eigenvalue weighted by Gasteiger charge is -2.29. The molecule has 0 bridgehead atoms. The minimum Gasteiger partial charge on any atom is -0.503 e. The van der Waals surface area contributed by atoms with E-state index in [4.69, 9.17) is 9.47 Å². The molecule has 1 heterocycles. The van der Waals surface area contributed by atoms with Crippen LogP contribution in [0.4, 0.5) is 8.78 Å². The number of aromatic hydroxyl groups is 1. The number of rotatable bonds is 8. The number of methoxy groups -OCH3 is 1. The standard InChI is InChI=1S/C22H26F2N2O5/c1-11(2)18(14-6-7-15(23)16(24)10-14)13(4)31-22(29)12(3)26-21(28)19-20(27)17(30-5)8-9-25-19/h6-13,18,27H,1-5H3,(H,26,28)/t12-,13-,18+/m0/s1. The molecular formula is C22H26F2N2O5. The fraction of sp³-hybridized carbons (Fsp3) is 0.409. The number of hydrogen-bond donors (Lipinski definition) is 2. The van der Waals surface area contributed by atoms with Gasteiger partial charge in [0.2, 0.25) is 0 Å². The van der Waals surface area contributed by atoms with Crippen LogP contribution in [0, 0.1) is 17.6 Å². The Morgan fingerprint density at radius 3 is 2.35 bits per heavy atom. The van der Waals surface area contributed by atoms with Crippen molar-refractivity contribution >= 4 is 11.9 Å². The number of benzene rings is 1. The molecule has 2 rings (SSSR count). The van der Waals surface area contributed by atoms with E-state index in [1.807, 2.05) is 13.8 Å². The number of halogens is 2. The minimum atomic E-state index is -1.06. The summed E-state index contributed by atoms with van der Waals surface area (Å²) in [6.07, 6.45) is 0.605. The van der Waals surface area contributed by atoms with Crippen LogP contribution in [0.1, 0.15) is 49.7 Å². The third-order valence-electron chi connectivity index (χ3n) is 4.88. The molecule has 0 spiro atoms. The molecule has 2 N–H and O–H groups in total. The summed E-state index contributed by atoms with van der Waals surface area (Å²) in [7, 11) is 1.33. The highest BCUT2D eigenvalue weighted by Gasteiger charge is 2.29. The molecule has 0 radical (unpaired) electrons. The maximum Gasteiger partial charge on any atom is 0.328 e. The van der Waals surface area contributed by atoms with Crippen molar-refractivity contribution in [2.24, 2.45) is 5.92 Å². The minimum absolute atomic E-state index is 0.0458. The molecule has 31 heavy (non-hydrogen) atoms. The SMILES string of the molecule is COc1ccnc(C(=O)N[C@@H](C)C(=O)O[C@@H](C)[C@H](c2ccc(F)c(F)c2)C(C)C)c1O. The Balaban J connectivity index is 2.10. The average Bonchev–Trinajstić information content (AvgIpc) is 2.70. The van der Waals surface area contributed by atoms with Gasteiger partial charge in [0.1, 0.15) is 12.1 Å². The fourth-order valence-electron chi connectivity index (χ4n) is 3.37. The topological polar surface area (TPSA) is 97.8 Å². The second kappa shape index (κ2) is 10.2. The number of carbonyl (C=O) groups is 2. The van der Waals surface area contributed by atoms with Crippen molar-refractivity contribution in [2.75, 3.05) is 7.11 Å². The lowest BCUT2D eigenvalue weighted by Crippen LogP contribution is -2.42. The lowest BCUT2D eigenvalue weighted by molar-refractivity contribution is -0.151. The average molecular weight is 436 g/mol. The second-order valence-corrected chi connectivity index (χ2v) is 7.49. The molecule has 0 aliphatic heterocycles. The Hall–Kier alpha value is -3.23. The van der Waals surface area contributed by atoms with Gasteiger partial charge >= 0.3 is 5.97 Å². The summed E-state index contributed by atoms with van der Waals surface area (Å²) in [5.74, 6) is -4.27. The molecule has 7 nitrogen and oxygen atoms in total. The first-order valence-electron chi connectivity index (χ1n) is 9.75. The van der Waals surface area contributed by atoms with Crippen LogP contribution >= 0.6 is 0 Å². The maximum atomic E-state index is 13.7. The van der Waals surface area contributed by atoms with Gasteiger partial charge in [0.25, 0.3) is 5.91 Å². The zero-order valence-corrected chi connectivity index (χ0v) is 18.0. The van der Waals surface area contributed by atoms with Gasteiger partial charge in [-0.3, -0.25) is 4.79 Å². The number of pyridine rings is 1. The third kappa shape index (κ3) is 5.68. The van der Waals surface area contributed by atoms with Crippen molar-refractivity contribution in [1.82, 2.24) is 10.3 Å². The molecule has 0 aliphatic rings. The van der Waals surface area contributed by atoms with Gasteiger partial charge in [-0.05, 0) is 37.5 Å². The monoisotopic (exact) mass is 436 g/mol. The van der Waals surface area contributed by atoms with Gasteiger partial charge in [0.15, 0.2) is 28.8 Å². The summed E-state index contributed by atoms with van der Waals surface area (Å²) < 4.78 is 37.4. The lowest BCUT2D eigenvalue weighted by atomic mass is 9.84. The van der Waals surface area contributed by atoms with Crippen LogP contribution in [0.15, 0.2) is 30.5 Å². The van der Waals surface area contributed by atoms with E-state index in [1.54, 1.807) is 6.92 Å². The van der Waals surface area contributed by atoms with Crippen LogP contribution in [0.2, 0.25) is 0 Å². The molecule has 0 saturated heterocycles. The fourth-order valence-corrected chi connectivity index (χ4v) is 3.37. The van der Waals surface area contributed by atoms with Crippen molar-refractivity contribution < 1.29 is 33.0 Å². The summed E-state index contributed by atoms with van der Waals surface area (Å²) in [6.45, 7) is 6.82. The third-order valence-corrected chi connectivity index (χ3v) is 4.88. The predicted octanol–water partition coefficient (Wildman–Crippen LogP) is 3.56. The first-order valence-corrected chi connectivity index (χ1v) is 9.75. The molecule has 1 amide bonds. The van der Waals surface area contributed by atoms with Gasteiger partial charge in [0, 0.05) is 18.2 Å². The van der Waals surface area contributed by atoms with Gasteiger partial charge in [-0.15, -0.1) is 0 Å². The van der Waals surface area contributed by atoms with Crippen molar-refractivity contribution in [3.63, 3.8) is 0 Å². The number of nitrogens with one attached hydrogen (secondary N) is 1. The van der Waals surface area contributed by atoms with Crippen molar-refractivity contribution in [1.29, 1.82) is 0 Å². The highest BCUT2D eigenvalue weighted by molar-refractivity contribution is 5.97. The van der Waals surface area contributed by atoms with Crippen LogP contribution in [0.5, 0.6) is 11.5 Å². The number of hydrogen-bond acceptors (Lipinski definition) is 6. The van der Waals surface area contributed by atoms with E-state index in [0.29, 0.717) is 5.56 Å². The zero-order chi connectivity index (χ0) is 23.3. The van der Waals surface area contributed by atoms with Gasteiger partial charge in [-0.25, -0.2) is 18.6 Å². The Labute approximate surface area is 179 Å². The van der Waals surface area contributed by atoms with Crippen LogP contribution in [-0.2, 0) is 9.53 Å². The summed E-state index contributed by atoms with van der Waals surface area (Å²) in [5, 5.41) is 12.5. The highest BCUT2D eigenvalue weighted by atomic mass is 19.2. The zero-order valence-electron chi connectivity index (χ0n) is 18.0. The molecular weight excluding hydrogens is 410 g/mol. The summed E-state index contributed by atoms with van der Waals surface area (Å²) in [4.78, 5) is 28.7. The van der Waals surface area contributed by atoms with Gasteiger partial charge < -0.3 is 19.9 Å². The van der Waals surface area contributed by atoms with Gasteiger partial charge in [0.05, 0.1) is 7.11 Å². The Morgan fingerprint density at radius 1 is 1.10 bits per heavy atom. The van der Waals surface area contributed by atoms with Crippen LogP contribution in [-0.4, -0.2) is 41.2 Å². The smallest absolute Gasteiger partial charge is 0.328 e. The quantitative estimate of drug-likeness (QED) is 0.614. The number of ether oxygens (including phenoxy) is 2. The van der Waals surface area contributed by atoms with Crippen molar-refractivity contribution in [2.45, 2.75) is 45.8 Å². The maximum absolute atomic E-state index is 13.7. The Kier molecular flexibility index (Phi) is 7.90. The van der Waals surface area contributed by atoms with Crippen LogP contribution in [0.3, 0.4) is 0 Å². The number of carbonyl (C=O) groups excluding carboxylic acids is 2. The van der Waals surface area contributed by atoms with Gasteiger partial charge in [-0.1, -0.05) is 19.9 Å². The largest absolute Gasteiger partial charge is 0.503 e. The second-order valence-electron chi connectivity index (χ2n) is 7.49. The molecule has 9 heteroatoms.